The maximum Gasteiger partial charge on any atom is 0.239 e. The van der Waals surface area contributed by atoms with Crippen LogP contribution in [0.3, 0.4) is 0 Å². The Hall–Kier alpha value is -2.81. The summed E-state index contributed by atoms with van der Waals surface area (Å²) in [5.41, 5.74) is 3.54. The zero-order valence-electron chi connectivity index (χ0n) is 20.2. The Morgan fingerprint density at radius 1 is 1.12 bits per heavy atom. The van der Waals surface area contributed by atoms with Crippen LogP contribution in [0.5, 0.6) is 0 Å². The topological polar surface area (TPSA) is 75.5 Å². The van der Waals surface area contributed by atoms with Gasteiger partial charge in [-0.1, -0.05) is 18.6 Å². The Labute approximate surface area is 200 Å². The molecule has 2 aliphatic rings. The van der Waals surface area contributed by atoms with Crippen molar-refractivity contribution in [3.05, 3.63) is 42.4 Å². The molecule has 0 spiro atoms. The van der Waals surface area contributed by atoms with Gasteiger partial charge in [0.1, 0.15) is 5.82 Å². The fraction of sp³-hybridized carbons (Fsp3) is 0.500. The van der Waals surface area contributed by atoms with E-state index in [9.17, 15) is 4.79 Å². The highest BCUT2D eigenvalue weighted by Crippen LogP contribution is 2.29. The van der Waals surface area contributed by atoms with Crippen LogP contribution in [0.4, 0.5) is 5.82 Å². The van der Waals surface area contributed by atoms with E-state index in [0.717, 1.165) is 42.5 Å². The number of hydrogen-bond acceptors (Lipinski definition) is 6. The predicted molar refractivity (Wildman–Crippen MR) is 134 cm³/mol. The lowest BCUT2D eigenvalue weighted by atomic mass is 10.0. The number of nitrogens with zero attached hydrogens (tertiary/aromatic N) is 5. The molecule has 180 valence electrons. The van der Waals surface area contributed by atoms with Gasteiger partial charge in [-0.05, 0) is 55.9 Å². The maximum atomic E-state index is 12.6. The molecular formula is C26H34N6O2. The van der Waals surface area contributed by atoms with E-state index >= 15 is 0 Å². The maximum absolute atomic E-state index is 12.6. The molecular weight excluding hydrogens is 428 g/mol. The second-order valence-corrected chi connectivity index (χ2v) is 9.54. The zero-order valence-corrected chi connectivity index (χ0v) is 20.2. The van der Waals surface area contributed by atoms with Crippen molar-refractivity contribution in [1.29, 1.82) is 0 Å². The van der Waals surface area contributed by atoms with Crippen LogP contribution in [0.2, 0.25) is 0 Å². The van der Waals surface area contributed by atoms with Crippen LogP contribution in [0, 0.1) is 0 Å². The fourth-order valence-electron chi connectivity index (χ4n) is 4.96. The Morgan fingerprint density at radius 2 is 1.97 bits per heavy atom. The van der Waals surface area contributed by atoms with E-state index in [1.54, 1.807) is 0 Å². The number of aromatic nitrogens is 3. The van der Waals surface area contributed by atoms with E-state index in [4.69, 9.17) is 4.74 Å². The van der Waals surface area contributed by atoms with Crippen molar-refractivity contribution < 1.29 is 9.53 Å². The molecule has 8 nitrogen and oxygen atoms in total. The zero-order chi connectivity index (χ0) is 23.5. The summed E-state index contributed by atoms with van der Waals surface area (Å²) in [6, 6.07) is 8.60. The predicted octanol–water partition coefficient (Wildman–Crippen LogP) is 3.28. The van der Waals surface area contributed by atoms with Crippen LogP contribution in [-0.2, 0) is 23.1 Å². The minimum absolute atomic E-state index is 0.0483. The number of anilines is 1. The van der Waals surface area contributed by atoms with E-state index in [-0.39, 0.29) is 11.9 Å². The average molecular weight is 463 g/mol. The van der Waals surface area contributed by atoms with Gasteiger partial charge in [0.25, 0.3) is 0 Å². The molecule has 0 radical (unpaired) electrons. The number of pyridine rings is 1. The van der Waals surface area contributed by atoms with Crippen LogP contribution >= 0.6 is 0 Å². The monoisotopic (exact) mass is 462 g/mol. The highest BCUT2D eigenvalue weighted by molar-refractivity contribution is 5.95. The average Bonchev–Trinajstić information content (AvgIpc) is 3.20. The number of likely N-dealkylation sites (tertiary alicyclic amines) is 1. The number of fused-ring (bicyclic) bond motifs is 1. The third kappa shape index (κ3) is 5.14. The van der Waals surface area contributed by atoms with Crippen molar-refractivity contribution in [1.82, 2.24) is 24.6 Å². The largest absolute Gasteiger partial charge is 0.379 e. The van der Waals surface area contributed by atoms with Gasteiger partial charge < -0.3 is 10.1 Å². The SMILES string of the molecule is CC1COCCN1CC(=O)Nc1cc2cc(-c3cnn(C)c3CN3CCCCC3)ccc2cn1. The molecule has 1 aromatic carbocycles. The van der Waals surface area contributed by atoms with Crippen molar-refractivity contribution in [3.8, 4) is 11.1 Å². The number of rotatable bonds is 6. The first-order valence-corrected chi connectivity index (χ1v) is 12.3. The first-order chi connectivity index (χ1) is 16.6. The molecule has 2 saturated heterocycles. The molecule has 2 fully saturated rings. The number of carbonyl (C=O) groups excluding carboxylic acids is 1. The number of ether oxygens (including phenoxy) is 1. The van der Waals surface area contributed by atoms with Crippen LogP contribution in [0.25, 0.3) is 21.9 Å². The van der Waals surface area contributed by atoms with Gasteiger partial charge in [0.2, 0.25) is 5.91 Å². The quantitative estimate of drug-likeness (QED) is 0.606. The van der Waals surface area contributed by atoms with Gasteiger partial charge >= 0.3 is 0 Å². The molecule has 1 unspecified atom stereocenters. The number of aryl methyl sites for hydroxylation is 1. The molecule has 0 aliphatic carbocycles. The molecule has 34 heavy (non-hydrogen) atoms. The summed E-state index contributed by atoms with van der Waals surface area (Å²) in [6.07, 6.45) is 7.67. The summed E-state index contributed by atoms with van der Waals surface area (Å²) in [5, 5.41) is 9.64. The minimum atomic E-state index is -0.0483. The number of piperidine rings is 1. The number of amides is 1. The first-order valence-electron chi connectivity index (χ1n) is 12.3. The van der Waals surface area contributed by atoms with E-state index in [0.29, 0.717) is 25.6 Å². The van der Waals surface area contributed by atoms with Crippen LogP contribution in [-0.4, -0.2) is 75.9 Å². The van der Waals surface area contributed by atoms with Gasteiger partial charge in [0, 0.05) is 43.3 Å². The summed E-state index contributed by atoms with van der Waals surface area (Å²) >= 11 is 0. The first kappa shape index (κ1) is 23.0. The van der Waals surface area contributed by atoms with Crippen molar-refractivity contribution in [2.75, 3.05) is 44.7 Å². The van der Waals surface area contributed by atoms with Gasteiger partial charge in [-0.3, -0.25) is 19.3 Å². The highest BCUT2D eigenvalue weighted by Gasteiger charge is 2.21. The van der Waals surface area contributed by atoms with Gasteiger partial charge in [-0.2, -0.15) is 5.10 Å². The molecule has 4 heterocycles. The van der Waals surface area contributed by atoms with Crippen molar-refractivity contribution in [2.45, 2.75) is 38.8 Å². The highest BCUT2D eigenvalue weighted by atomic mass is 16.5. The summed E-state index contributed by atoms with van der Waals surface area (Å²) in [4.78, 5) is 21.8. The number of carbonyl (C=O) groups is 1. The number of morpholine rings is 1. The van der Waals surface area contributed by atoms with E-state index in [2.05, 4.69) is 50.3 Å². The Morgan fingerprint density at radius 3 is 2.79 bits per heavy atom. The second-order valence-electron chi connectivity index (χ2n) is 9.54. The summed E-state index contributed by atoms with van der Waals surface area (Å²) in [7, 11) is 2.02. The van der Waals surface area contributed by atoms with Gasteiger partial charge in [-0.25, -0.2) is 4.98 Å². The Balaban J connectivity index is 1.34. The summed E-state index contributed by atoms with van der Waals surface area (Å²) in [5.74, 6) is 0.531. The summed E-state index contributed by atoms with van der Waals surface area (Å²) < 4.78 is 7.46. The Bertz CT molecular complexity index is 1150. The third-order valence-electron chi connectivity index (χ3n) is 7.04. The Kier molecular flexibility index (Phi) is 6.89. The normalized spacial score (nSPS) is 20.0. The van der Waals surface area contributed by atoms with Gasteiger partial charge in [-0.15, -0.1) is 0 Å². The molecule has 0 bridgehead atoms. The molecule has 2 aromatic heterocycles. The molecule has 3 aromatic rings. The van der Waals surface area contributed by atoms with Crippen molar-refractivity contribution in [3.63, 3.8) is 0 Å². The number of nitrogens with one attached hydrogen (secondary N) is 1. The minimum Gasteiger partial charge on any atom is -0.379 e. The van der Waals surface area contributed by atoms with Crippen LogP contribution < -0.4 is 5.32 Å². The summed E-state index contributed by atoms with van der Waals surface area (Å²) in [6.45, 7) is 7.76. The molecule has 5 rings (SSSR count). The fourth-order valence-corrected chi connectivity index (χ4v) is 4.96. The lowest BCUT2D eigenvalue weighted by Crippen LogP contribution is -2.47. The van der Waals surface area contributed by atoms with Crippen LogP contribution in [0.1, 0.15) is 31.9 Å². The van der Waals surface area contributed by atoms with Gasteiger partial charge in [0.05, 0.1) is 31.6 Å². The second kappa shape index (κ2) is 10.2. The molecule has 1 atom stereocenters. The molecule has 1 N–H and O–H groups in total. The number of benzene rings is 1. The lowest BCUT2D eigenvalue weighted by Gasteiger charge is -2.32. The van der Waals surface area contributed by atoms with Crippen LogP contribution in [0.15, 0.2) is 36.7 Å². The van der Waals surface area contributed by atoms with E-state index < -0.39 is 0 Å². The molecule has 1 amide bonds. The van der Waals surface area contributed by atoms with Gasteiger partial charge in [0.15, 0.2) is 0 Å². The van der Waals surface area contributed by atoms with Crippen molar-refractivity contribution >= 4 is 22.5 Å². The number of hydrogen-bond donors (Lipinski definition) is 1. The molecule has 8 heteroatoms. The smallest absolute Gasteiger partial charge is 0.239 e. The van der Waals surface area contributed by atoms with Crippen molar-refractivity contribution in [2.24, 2.45) is 7.05 Å². The third-order valence-corrected chi connectivity index (χ3v) is 7.04. The molecule has 2 aliphatic heterocycles. The van der Waals surface area contributed by atoms with E-state index in [1.807, 2.05) is 30.2 Å². The van der Waals surface area contributed by atoms with E-state index in [1.165, 1.54) is 30.5 Å². The lowest BCUT2D eigenvalue weighted by molar-refractivity contribution is -0.119. The standard InChI is InChI=1S/C26H34N6O2/c1-19-18-34-11-10-32(19)17-26(33)29-25-13-22-12-20(6-7-21(22)14-27-25)23-15-28-30(2)24(23)16-31-8-4-3-5-9-31/h6-7,12-15,19H,3-5,8-11,16-18H2,1-2H3,(H,27,29,33). The molecule has 0 saturated carbocycles.